The van der Waals surface area contributed by atoms with Gasteiger partial charge < -0.3 is 29.3 Å². The first-order valence-electron chi connectivity index (χ1n) is 11.7. The van der Waals surface area contributed by atoms with Crippen molar-refractivity contribution >= 4 is 11.9 Å². The number of carbonyl (C=O) groups excluding carboxylic acids is 2. The van der Waals surface area contributed by atoms with Gasteiger partial charge >= 0.3 is 12.2 Å². The standard InChI is InChI=1S/C24H24F4N4O5/c25-15-1-3-17(4-2-15)37-22-8-14(24(26,27)28)7-16(29-22)12-35-18-9-32(10-18)23(34)31-6-5-20-19(11-31)30-21(33)13-36-20/h1-4,7-8,18-20H,5-6,9-13H2,(H,30,33)/t19?,20-/m0/s1. The van der Waals surface area contributed by atoms with Gasteiger partial charge in [0.25, 0.3) is 0 Å². The Bertz CT molecular complexity index is 1160. The van der Waals surface area contributed by atoms with Crippen LogP contribution in [0.2, 0.25) is 0 Å². The van der Waals surface area contributed by atoms with Crippen LogP contribution in [0, 0.1) is 5.82 Å². The number of rotatable bonds is 5. The highest BCUT2D eigenvalue weighted by Crippen LogP contribution is 2.33. The van der Waals surface area contributed by atoms with Crippen molar-refractivity contribution in [2.24, 2.45) is 0 Å². The zero-order valence-electron chi connectivity index (χ0n) is 19.5. The van der Waals surface area contributed by atoms with Gasteiger partial charge in [-0.1, -0.05) is 0 Å². The lowest BCUT2D eigenvalue weighted by Crippen LogP contribution is -2.65. The van der Waals surface area contributed by atoms with E-state index in [1.54, 1.807) is 9.80 Å². The SMILES string of the molecule is O=C1CO[C@H]2CCN(C(=O)N3CC(OCc4cc(C(F)(F)F)cc(Oc5ccc(F)cc5)n4)C3)CC2N1. The Morgan fingerprint density at radius 1 is 1.14 bits per heavy atom. The van der Waals surface area contributed by atoms with E-state index in [0.717, 1.165) is 24.3 Å². The number of nitrogens with one attached hydrogen (secondary N) is 1. The summed E-state index contributed by atoms with van der Waals surface area (Å²) in [6, 6.07) is 6.02. The second kappa shape index (κ2) is 10.1. The molecule has 3 aliphatic heterocycles. The summed E-state index contributed by atoms with van der Waals surface area (Å²) in [4.78, 5) is 31.7. The molecule has 5 rings (SSSR count). The molecule has 0 aliphatic carbocycles. The number of likely N-dealkylation sites (tertiary alicyclic amines) is 2. The zero-order chi connectivity index (χ0) is 26.2. The lowest BCUT2D eigenvalue weighted by atomic mass is 10.0. The first-order valence-corrected chi connectivity index (χ1v) is 11.7. The lowest BCUT2D eigenvalue weighted by Gasteiger charge is -2.45. The van der Waals surface area contributed by atoms with Crippen molar-refractivity contribution in [1.29, 1.82) is 0 Å². The number of urea groups is 1. The van der Waals surface area contributed by atoms with E-state index in [0.29, 0.717) is 19.5 Å². The van der Waals surface area contributed by atoms with E-state index in [1.807, 2.05) is 0 Å². The molecule has 1 unspecified atom stereocenters. The predicted octanol–water partition coefficient (Wildman–Crippen LogP) is 2.94. The van der Waals surface area contributed by atoms with Crippen molar-refractivity contribution in [3.8, 4) is 11.6 Å². The first kappa shape index (κ1) is 25.2. The Morgan fingerprint density at radius 2 is 1.89 bits per heavy atom. The van der Waals surface area contributed by atoms with Crippen LogP contribution in [0.1, 0.15) is 17.7 Å². The van der Waals surface area contributed by atoms with Gasteiger partial charge in [0.1, 0.15) is 18.2 Å². The number of alkyl halides is 3. The summed E-state index contributed by atoms with van der Waals surface area (Å²) in [7, 11) is 0. The molecule has 1 aromatic carbocycles. The fraction of sp³-hybridized carbons (Fsp3) is 0.458. The minimum atomic E-state index is -4.63. The molecule has 4 heterocycles. The van der Waals surface area contributed by atoms with Crippen molar-refractivity contribution < 1.29 is 41.4 Å². The number of hydrogen-bond acceptors (Lipinski definition) is 6. The molecular weight excluding hydrogens is 500 g/mol. The summed E-state index contributed by atoms with van der Waals surface area (Å²) in [5, 5.41) is 2.85. The maximum atomic E-state index is 13.4. The van der Waals surface area contributed by atoms with Crippen molar-refractivity contribution in [3.63, 3.8) is 0 Å². The summed E-state index contributed by atoms with van der Waals surface area (Å²) >= 11 is 0. The highest BCUT2D eigenvalue weighted by atomic mass is 19.4. The third kappa shape index (κ3) is 5.93. The normalized spacial score (nSPS) is 22.2. The highest BCUT2D eigenvalue weighted by Gasteiger charge is 2.40. The van der Waals surface area contributed by atoms with E-state index in [-0.39, 0.29) is 73.8 Å². The second-order valence-electron chi connectivity index (χ2n) is 9.12. The molecule has 3 fully saturated rings. The molecule has 0 radical (unpaired) electrons. The third-order valence-corrected chi connectivity index (χ3v) is 6.40. The van der Waals surface area contributed by atoms with Gasteiger partial charge in [0, 0.05) is 19.2 Å². The Kier molecular flexibility index (Phi) is 6.90. The van der Waals surface area contributed by atoms with Gasteiger partial charge in [-0.05, 0) is 36.8 Å². The molecule has 2 aromatic rings. The van der Waals surface area contributed by atoms with Crippen LogP contribution in [0.5, 0.6) is 11.6 Å². The smallest absolute Gasteiger partial charge is 0.416 e. The molecule has 1 N–H and O–H groups in total. The van der Waals surface area contributed by atoms with Crippen LogP contribution >= 0.6 is 0 Å². The number of halogens is 4. The molecule has 0 spiro atoms. The van der Waals surface area contributed by atoms with E-state index in [4.69, 9.17) is 14.2 Å². The van der Waals surface area contributed by atoms with Gasteiger partial charge in [-0.15, -0.1) is 0 Å². The van der Waals surface area contributed by atoms with Crippen molar-refractivity contribution in [2.75, 3.05) is 32.8 Å². The van der Waals surface area contributed by atoms with Gasteiger partial charge in [0.15, 0.2) is 0 Å². The van der Waals surface area contributed by atoms with Gasteiger partial charge in [0.05, 0.1) is 49.2 Å². The molecule has 0 saturated carbocycles. The predicted molar refractivity (Wildman–Crippen MR) is 119 cm³/mol. The minimum absolute atomic E-state index is 0.00632. The Morgan fingerprint density at radius 3 is 2.62 bits per heavy atom. The Labute approximate surface area is 209 Å². The highest BCUT2D eigenvalue weighted by molar-refractivity contribution is 5.79. The van der Waals surface area contributed by atoms with Gasteiger partial charge in [-0.3, -0.25) is 4.79 Å². The molecule has 3 amide bonds. The number of ether oxygens (including phenoxy) is 3. The summed E-state index contributed by atoms with van der Waals surface area (Å²) in [5.74, 6) is -0.877. The number of pyridine rings is 1. The van der Waals surface area contributed by atoms with Gasteiger partial charge in [-0.25, -0.2) is 14.2 Å². The second-order valence-corrected chi connectivity index (χ2v) is 9.12. The molecule has 3 saturated heterocycles. The largest absolute Gasteiger partial charge is 0.439 e. The monoisotopic (exact) mass is 524 g/mol. The van der Waals surface area contributed by atoms with Crippen molar-refractivity contribution in [1.82, 2.24) is 20.1 Å². The molecule has 1 aromatic heterocycles. The average molecular weight is 524 g/mol. The molecule has 37 heavy (non-hydrogen) atoms. The Hall–Kier alpha value is -3.45. The number of benzene rings is 1. The van der Waals surface area contributed by atoms with Crippen LogP contribution in [-0.2, 0) is 27.1 Å². The number of fused-ring (bicyclic) bond motifs is 1. The molecule has 13 heteroatoms. The lowest BCUT2D eigenvalue weighted by molar-refractivity contribution is -0.140. The fourth-order valence-electron chi connectivity index (χ4n) is 4.45. The maximum Gasteiger partial charge on any atom is 0.416 e. The number of amides is 3. The number of morpholine rings is 1. The summed E-state index contributed by atoms with van der Waals surface area (Å²) < 4.78 is 69.9. The summed E-state index contributed by atoms with van der Waals surface area (Å²) in [6.07, 6.45) is -4.48. The number of aromatic nitrogens is 1. The van der Waals surface area contributed by atoms with Crippen molar-refractivity contribution in [2.45, 2.75) is 37.5 Å². The van der Waals surface area contributed by atoms with Crippen LogP contribution < -0.4 is 10.1 Å². The summed E-state index contributed by atoms with van der Waals surface area (Å²) in [5.41, 5.74) is -0.947. The van der Waals surface area contributed by atoms with Crippen LogP contribution in [0.3, 0.4) is 0 Å². The molecule has 2 atom stereocenters. The van der Waals surface area contributed by atoms with Crippen LogP contribution in [0.25, 0.3) is 0 Å². The number of hydrogen-bond donors (Lipinski definition) is 1. The third-order valence-electron chi connectivity index (χ3n) is 6.40. The minimum Gasteiger partial charge on any atom is -0.439 e. The quantitative estimate of drug-likeness (QED) is 0.605. The maximum absolute atomic E-state index is 13.4. The zero-order valence-corrected chi connectivity index (χ0v) is 19.5. The van der Waals surface area contributed by atoms with E-state index in [2.05, 4.69) is 10.3 Å². The molecule has 198 valence electrons. The molecule has 3 aliphatic rings. The molecular formula is C24H24F4N4O5. The van der Waals surface area contributed by atoms with Gasteiger partial charge in [0.2, 0.25) is 11.8 Å². The van der Waals surface area contributed by atoms with Crippen molar-refractivity contribution in [3.05, 3.63) is 53.5 Å². The van der Waals surface area contributed by atoms with Crippen LogP contribution in [0.15, 0.2) is 36.4 Å². The first-order chi connectivity index (χ1) is 17.6. The van der Waals surface area contributed by atoms with E-state index < -0.39 is 17.6 Å². The van der Waals surface area contributed by atoms with Crippen LogP contribution in [0.4, 0.5) is 22.4 Å². The van der Waals surface area contributed by atoms with E-state index in [9.17, 15) is 27.2 Å². The Balaban J connectivity index is 1.15. The number of nitrogens with zero attached hydrogens (tertiary/aromatic N) is 3. The summed E-state index contributed by atoms with van der Waals surface area (Å²) in [6.45, 7) is 1.23. The van der Waals surface area contributed by atoms with Crippen LogP contribution in [-0.4, -0.2) is 77.8 Å². The average Bonchev–Trinajstić information content (AvgIpc) is 2.83. The fourth-order valence-corrected chi connectivity index (χ4v) is 4.45. The molecule has 9 nitrogen and oxygen atoms in total. The molecule has 0 bridgehead atoms. The van der Waals surface area contributed by atoms with Gasteiger partial charge in [-0.2, -0.15) is 13.2 Å². The number of carbonyl (C=O) groups is 2. The topological polar surface area (TPSA) is 93.2 Å². The van der Waals surface area contributed by atoms with E-state index in [1.165, 1.54) is 12.1 Å². The van der Waals surface area contributed by atoms with E-state index >= 15 is 0 Å². The number of piperidine rings is 1.